The molecule has 1 rings (SSSR count). The molecular weight excluding hydrogens is 236 g/mol. The highest BCUT2D eigenvalue weighted by atomic mass is 16.5. The van der Waals surface area contributed by atoms with Crippen molar-refractivity contribution >= 4 is 11.9 Å². The maximum absolute atomic E-state index is 11.8. The second-order valence-corrected chi connectivity index (χ2v) is 5.15. The van der Waals surface area contributed by atoms with Crippen molar-refractivity contribution in [2.75, 3.05) is 20.2 Å². The fourth-order valence-corrected chi connectivity index (χ4v) is 1.84. The van der Waals surface area contributed by atoms with Crippen molar-refractivity contribution in [1.82, 2.24) is 5.32 Å². The average molecular weight is 258 g/mol. The molecule has 6 heteroatoms. The standard InChI is InChI=1S/C12H22N2O4/c1-12(2,11(16)17-3)7-14-10(15)9-5-4-8(6-13)18-9/h8-9H,4-7,13H2,1-3H3,(H,14,15)/t8-,9+/m1/s1. The minimum Gasteiger partial charge on any atom is -0.469 e. The molecule has 0 aromatic rings. The number of hydrogen-bond donors (Lipinski definition) is 2. The van der Waals surface area contributed by atoms with Crippen LogP contribution in [0.5, 0.6) is 0 Å². The number of ether oxygens (including phenoxy) is 2. The normalized spacial score (nSPS) is 23.8. The Morgan fingerprint density at radius 1 is 1.44 bits per heavy atom. The third-order valence-electron chi connectivity index (χ3n) is 3.11. The van der Waals surface area contributed by atoms with Crippen LogP contribution in [0.25, 0.3) is 0 Å². The van der Waals surface area contributed by atoms with Crippen LogP contribution in [0.2, 0.25) is 0 Å². The van der Waals surface area contributed by atoms with E-state index in [1.165, 1.54) is 7.11 Å². The van der Waals surface area contributed by atoms with Gasteiger partial charge in [0.1, 0.15) is 6.10 Å². The molecule has 1 fully saturated rings. The Bertz CT molecular complexity index is 317. The molecule has 0 aromatic heterocycles. The maximum Gasteiger partial charge on any atom is 0.313 e. The fraction of sp³-hybridized carbons (Fsp3) is 0.833. The number of carbonyl (C=O) groups excluding carboxylic acids is 2. The van der Waals surface area contributed by atoms with Crippen LogP contribution in [0.1, 0.15) is 26.7 Å². The van der Waals surface area contributed by atoms with E-state index in [9.17, 15) is 9.59 Å². The second-order valence-electron chi connectivity index (χ2n) is 5.15. The summed E-state index contributed by atoms with van der Waals surface area (Å²) in [6.45, 7) is 4.09. The molecule has 2 atom stereocenters. The Hall–Kier alpha value is -1.14. The molecule has 0 bridgehead atoms. The quantitative estimate of drug-likeness (QED) is 0.667. The van der Waals surface area contributed by atoms with Crippen LogP contribution < -0.4 is 11.1 Å². The molecule has 0 spiro atoms. The van der Waals surface area contributed by atoms with Crippen LogP contribution >= 0.6 is 0 Å². The Morgan fingerprint density at radius 2 is 2.11 bits per heavy atom. The third kappa shape index (κ3) is 3.68. The molecule has 1 amide bonds. The van der Waals surface area contributed by atoms with E-state index in [4.69, 9.17) is 10.5 Å². The van der Waals surface area contributed by atoms with Gasteiger partial charge in [-0.15, -0.1) is 0 Å². The van der Waals surface area contributed by atoms with Gasteiger partial charge in [-0.05, 0) is 26.7 Å². The Labute approximate surface area is 107 Å². The zero-order valence-electron chi connectivity index (χ0n) is 11.2. The molecule has 1 aliphatic rings. The van der Waals surface area contributed by atoms with Crippen LogP contribution in [-0.4, -0.2) is 44.3 Å². The molecule has 0 aromatic carbocycles. The molecular formula is C12H22N2O4. The topological polar surface area (TPSA) is 90.7 Å². The predicted molar refractivity (Wildman–Crippen MR) is 65.8 cm³/mol. The number of methoxy groups -OCH3 is 1. The lowest BCUT2D eigenvalue weighted by molar-refractivity contribution is -0.150. The molecule has 0 unspecified atom stereocenters. The van der Waals surface area contributed by atoms with Crippen LogP contribution in [-0.2, 0) is 19.1 Å². The van der Waals surface area contributed by atoms with E-state index in [1.807, 2.05) is 0 Å². The molecule has 0 radical (unpaired) electrons. The Morgan fingerprint density at radius 3 is 2.61 bits per heavy atom. The van der Waals surface area contributed by atoms with E-state index >= 15 is 0 Å². The molecule has 0 saturated carbocycles. The number of rotatable bonds is 5. The largest absolute Gasteiger partial charge is 0.469 e. The smallest absolute Gasteiger partial charge is 0.313 e. The molecule has 6 nitrogen and oxygen atoms in total. The van der Waals surface area contributed by atoms with Gasteiger partial charge in [-0.1, -0.05) is 0 Å². The zero-order valence-corrected chi connectivity index (χ0v) is 11.2. The van der Waals surface area contributed by atoms with Crippen molar-refractivity contribution in [1.29, 1.82) is 0 Å². The molecule has 0 aliphatic carbocycles. The molecule has 104 valence electrons. The van der Waals surface area contributed by atoms with E-state index in [1.54, 1.807) is 13.8 Å². The summed E-state index contributed by atoms with van der Waals surface area (Å²) >= 11 is 0. The lowest BCUT2D eigenvalue weighted by Crippen LogP contribution is -2.43. The molecule has 1 heterocycles. The highest BCUT2D eigenvalue weighted by molar-refractivity contribution is 5.82. The van der Waals surface area contributed by atoms with Crippen molar-refractivity contribution in [3.63, 3.8) is 0 Å². The summed E-state index contributed by atoms with van der Waals surface area (Å²) in [6, 6.07) is 0. The van der Waals surface area contributed by atoms with Crippen LogP contribution in [0.3, 0.4) is 0 Å². The molecule has 3 N–H and O–H groups in total. The summed E-state index contributed by atoms with van der Waals surface area (Å²) in [5.74, 6) is -0.544. The van der Waals surface area contributed by atoms with E-state index in [-0.39, 0.29) is 24.5 Å². The van der Waals surface area contributed by atoms with E-state index in [2.05, 4.69) is 10.1 Å². The number of nitrogens with one attached hydrogen (secondary N) is 1. The van der Waals surface area contributed by atoms with Crippen molar-refractivity contribution in [3.8, 4) is 0 Å². The van der Waals surface area contributed by atoms with Crippen molar-refractivity contribution in [2.45, 2.75) is 38.9 Å². The Balaban J connectivity index is 2.40. The summed E-state index contributed by atoms with van der Waals surface area (Å²) in [6.07, 6.45) is 0.989. The van der Waals surface area contributed by atoms with Crippen molar-refractivity contribution in [2.24, 2.45) is 11.1 Å². The van der Waals surface area contributed by atoms with E-state index in [0.717, 1.165) is 6.42 Å². The van der Waals surface area contributed by atoms with Crippen LogP contribution in [0, 0.1) is 5.41 Å². The fourth-order valence-electron chi connectivity index (χ4n) is 1.84. The summed E-state index contributed by atoms with van der Waals surface area (Å²) in [5, 5.41) is 2.72. The molecule has 1 aliphatic heterocycles. The van der Waals surface area contributed by atoms with Gasteiger partial charge in [0.05, 0.1) is 18.6 Å². The minimum absolute atomic E-state index is 0.0330. The summed E-state index contributed by atoms with van der Waals surface area (Å²) in [4.78, 5) is 23.3. The van der Waals surface area contributed by atoms with E-state index in [0.29, 0.717) is 13.0 Å². The first-order valence-electron chi connectivity index (χ1n) is 6.12. The average Bonchev–Trinajstić information content (AvgIpc) is 2.83. The first-order valence-corrected chi connectivity index (χ1v) is 6.12. The first-order chi connectivity index (χ1) is 8.40. The van der Waals surface area contributed by atoms with Gasteiger partial charge in [0.25, 0.3) is 0 Å². The second kappa shape index (κ2) is 6.15. The Kier molecular flexibility index (Phi) is 5.10. The van der Waals surface area contributed by atoms with Gasteiger partial charge >= 0.3 is 5.97 Å². The zero-order chi connectivity index (χ0) is 13.8. The minimum atomic E-state index is -0.740. The summed E-state index contributed by atoms with van der Waals surface area (Å²) in [7, 11) is 1.33. The third-order valence-corrected chi connectivity index (χ3v) is 3.11. The first kappa shape index (κ1) is 14.9. The predicted octanol–water partition coefficient (Wildman–Crippen LogP) is -0.192. The number of amides is 1. The number of hydrogen-bond acceptors (Lipinski definition) is 5. The summed E-state index contributed by atoms with van der Waals surface area (Å²) < 4.78 is 10.1. The lowest BCUT2D eigenvalue weighted by Gasteiger charge is -2.22. The van der Waals surface area contributed by atoms with Crippen molar-refractivity contribution in [3.05, 3.63) is 0 Å². The van der Waals surface area contributed by atoms with E-state index < -0.39 is 11.5 Å². The number of nitrogens with two attached hydrogens (primary N) is 1. The van der Waals surface area contributed by atoms with Crippen molar-refractivity contribution < 1.29 is 19.1 Å². The van der Waals surface area contributed by atoms with Gasteiger partial charge in [0, 0.05) is 13.1 Å². The SMILES string of the molecule is COC(=O)C(C)(C)CNC(=O)[C@@H]1CC[C@H](CN)O1. The van der Waals surface area contributed by atoms with Gasteiger partial charge < -0.3 is 20.5 Å². The monoisotopic (exact) mass is 258 g/mol. The summed E-state index contributed by atoms with van der Waals surface area (Å²) in [5.41, 5.74) is 4.74. The molecule has 18 heavy (non-hydrogen) atoms. The van der Waals surface area contributed by atoms with Gasteiger partial charge in [-0.3, -0.25) is 9.59 Å². The van der Waals surface area contributed by atoms with Gasteiger partial charge in [-0.2, -0.15) is 0 Å². The highest BCUT2D eigenvalue weighted by Crippen LogP contribution is 2.20. The maximum atomic E-state index is 11.8. The van der Waals surface area contributed by atoms with Crippen LogP contribution in [0.4, 0.5) is 0 Å². The highest BCUT2D eigenvalue weighted by Gasteiger charge is 2.33. The number of esters is 1. The molecule has 1 saturated heterocycles. The number of carbonyl (C=O) groups is 2. The van der Waals surface area contributed by atoms with Gasteiger partial charge in [0.2, 0.25) is 5.91 Å². The van der Waals surface area contributed by atoms with Gasteiger partial charge in [-0.25, -0.2) is 0 Å². The van der Waals surface area contributed by atoms with Crippen LogP contribution in [0.15, 0.2) is 0 Å². The van der Waals surface area contributed by atoms with Gasteiger partial charge in [0.15, 0.2) is 0 Å². The lowest BCUT2D eigenvalue weighted by atomic mass is 9.93.